The van der Waals surface area contributed by atoms with E-state index in [1.165, 1.54) is 0 Å². The molecule has 0 aliphatic heterocycles. The van der Waals surface area contributed by atoms with E-state index in [9.17, 15) is 5.11 Å². The fraction of sp³-hybridized carbons (Fsp3) is 0.350. The zero-order valence-electron chi connectivity index (χ0n) is 14.6. The summed E-state index contributed by atoms with van der Waals surface area (Å²) in [6.07, 6.45) is 1.54. The van der Waals surface area contributed by atoms with E-state index in [4.69, 9.17) is 10.5 Å². The Kier molecular flexibility index (Phi) is 5.56. The van der Waals surface area contributed by atoms with Gasteiger partial charge in [0.15, 0.2) is 0 Å². The Labute approximate surface area is 148 Å². The predicted molar refractivity (Wildman–Crippen MR) is 99.4 cm³/mol. The molecule has 0 amide bonds. The van der Waals surface area contributed by atoms with Crippen molar-refractivity contribution in [3.8, 4) is 5.75 Å². The number of nitrogen functional groups attached to an aromatic ring is 1. The van der Waals surface area contributed by atoms with E-state index in [0.29, 0.717) is 12.5 Å². The Morgan fingerprint density at radius 3 is 2.60 bits per heavy atom. The first-order valence-corrected chi connectivity index (χ1v) is 8.83. The van der Waals surface area contributed by atoms with Gasteiger partial charge in [0.25, 0.3) is 0 Å². The van der Waals surface area contributed by atoms with Crippen molar-refractivity contribution in [2.75, 3.05) is 12.3 Å². The second-order valence-corrected chi connectivity index (χ2v) is 6.24. The molecule has 0 saturated carbocycles. The van der Waals surface area contributed by atoms with Crippen LogP contribution in [0.4, 0.5) is 5.95 Å². The van der Waals surface area contributed by atoms with Crippen molar-refractivity contribution in [3.05, 3.63) is 54.6 Å². The summed E-state index contributed by atoms with van der Waals surface area (Å²) < 4.78 is 9.76. The van der Waals surface area contributed by atoms with E-state index >= 15 is 0 Å². The molecule has 0 aliphatic carbocycles. The third-order valence-corrected chi connectivity index (χ3v) is 4.33. The maximum absolute atomic E-state index is 10.4. The van der Waals surface area contributed by atoms with Gasteiger partial charge in [-0.05, 0) is 30.7 Å². The van der Waals surface area contributed by atoms with Crippen molar-refractivity contribution in [1.82, 2.24) is 4.57 Å². The maximum atomic E-state index is 10.4. The molecule has 0 fully saturated rings. The molecule has 5 nitrogen and oxygen atoms in total. The Morgan fingerprint density at radius 2 is 1.84 bits per heavy atom. The lowest BCUT2D eigenvalue weighted by atomic mass is 10.3. The third kappa shape index (κ3) is 3.94. The quantitative estimate of drug-likeness (QED) is 0.620. The number of aryl methyl sites for hydroxylation is 1. The molecule has 1 atom stereocenters. The van der Waals surface area contributed by atoms with Crippen LogP contribution in [0, 0.1) is 0 Å². The molecule has 0 bridgehead atoms. The lowest BCUT2D eigenvalue weighted by molar-refractivity contribution is -0.665. The first-order valence-electron chi connectivity index (χ1n) is 8.83. The highest BCUT2D eigenvalue weighted by molar-refractivity contribution is 5.73. The van der Waals surface area contributed by atoms with E-state index in [0.717, 1.165) is 36.2 Å². The predicted octanol–water partition coefficient (Wildman–Crippen LogP) is 2.75. The number of anilines is 1. The topological polar surface area (TPSA) is 64.3 Å². The van der Waals surface area contributed by atoms with Gasteiger partial charge in [-0.15, -0.1) is 0 Å². The van der Waals surface area contributed by atoms with Crippen LogP contribution in [0.2, 0.25) is 0 Å². The first kappa shape index (κ1) is 17.3. The number of para-hydroxylation sites is 3. The molecular formula is C20H26N3O2+. The average molecular weight is 340 g/mol. The minimum atomic E-state index is -0.641. The number of benzene rings is 2. The number of aromatic nitrogens is 2. The fourth-order valence-electron chi connectivity index (χ4n) is 3.03. The molecule has 3 aromatic rings. The van der Waals surface area contributed by atoms with Crippen molar-refractivity contribution >= 4 is 17.0 Å². The molecule has 0 saturated heterocycles. The highest BCUT2D eigenvalue weighted by Gasteiger charge is 2.22. The number of hydrogen-bond acceptors (Lipinski definition) is 3. The fourth-order valence-corrected chi connectivity index (χ4v) is 3.03. The lowest BCUT2D eigenvalue weighted by Crippen LogP contribution is -2.43. The lowest BCUT2D eigenvalue weighted by Gasteiger charge is -2.12. The van der Waals surface area contributed by atoms with Crippen LogP contribution < -0.4 is 15.0 Å². The van der Waals surface area contributed by atoms with Gasteiger partial charge in [-0.2, -0.15) is 0 Å². The molecule has 3 N–H and O–H groups in total. The highest BCUT2D eigenvalue weighted by Crippen LogP contribution is 2.17. The Hall–Kier alpha value is -2.53. The number of nitrogens with zero attached hydrogens (tertiary/aromatic N) is 2. The molecule has 1 heterocycles. The zero-order valence-corrected chi connectivity index (χ0v) is 14.6. The molecule has 0 unspecified atom stereocenters. The largest absolute Gasteiger partial charge is 0.491 e. The Bertz CT molecular complexity index is 814. The monoisotopic (exact) mass is 340 g/mol. The van der Waals surface area contributed by atoms with Crippen LogP contribution in [0.3, 0.4) is 0 Å². The van der Waals surface area contributed by atoms with Crippen LogP contribution in [0.15, 0.2) is 54.6 Å². The van der Waals surface area contributed by atoms with Gasteiger partial charge in [0.1, 0.15) is 36.0 Å². The van der Waals surface area contributed by atoms with E-state index in [2.05, 4.69) is 17.6 Å². The minimum absolute atomic E-state index is 0.227. The van der Waals surface area contributed by atoms with Crippen molar-refractivity contribution in [3.63, 3.8) is 0 Å². The van der Waals surface area contributed by atoms with Crippen molar-refractivity contribution in [1.29, 1.82) is 0 Å². The number of nitrogens with two attached hydrogens (primary N) is 1. The molecule has 25 heavy (non-hydrogen) atoms. The van der Waals surface area contributed by atoms with Gasteiger partial charge >= 0.3 is 5.95 Å². The molecule has 2 aromatic carbocycles. The molecule has 5 heteroatoms. The molecular weight excluding hydrogens is 314 g/mol. The van der Waals surface area contributed by atoms with Gasteiger partial charge in [-0.1, -0.05) is 43.7 Å². The van der Waals surface area contributed by atoms with E-state index in [1.54, 1.807) is 0 Å². The Morgan fingerprint density at radius 1 is 1.12 bits per heavy atom. The summed E-state index contributed by atoms with van der Waals surface area (Å²) in [7, 11) is 0. The van der Waals surface area contributed by atoms with Crippen LogP contribution >= 0.6 is 0 Å². The summed E-state index contributed by atoms with van der Waals surface area (Å²) in [4.78, 5) is 0. The van der Waals surface area contributed by atoms with Gasteiger partial charge in [0, 0.05) is 0 Å². The molecule has 3 rings (SSSR count). The number of fused-ring (bicyclic) bond motifs is 1. The van der Waals surface area contributed by atoms with Crippen LogP contribution in [0.5, 0.6) is 5.75 Å². The van der Waals surface area contributed by atoms with Gasteiger partial charge in [-0.25, -0.2) is 9.13 Å². The van der Waals surface area contributed by atoms with Gasteiger partial charge < -0.3 is 9.84 Å². The van der Waals surface area contributed by atoms with Crippen molar-refractivity contribution < 1.29 is 14.4 Å². The van der Waals surface area contributed by atoms with Crippen molar-refractivity contribution in [2.24, 2.45) is 0 Å². The number of unbranched alkanes of at least 4 members (excludes halogenated alkanes) is 1. The number of imidazole rings is 1. The third-order valence-electron chi connectivity index (χ3n) is 4.33. The van der Waals surface area contributed by atoms with E-state index in [1.807, 2.05) is 53.1 Å². The highest BCUT2D eigenvalue weighted by atomic mass is 16.5. The van der Waals surface area contributed by atoms with E-state index in [-0.39, 0.29) is 6.61 Å². The second-order valence-electron chi connectivity index (χ2n) is 6.24. The SMILES string of the molecule is CCCCn1c(N)[n+](C[C@@H](O)COc2ccccc2)c2ccccc21. The summed E-state index contributed by atoms with van der Waals surface area (Å²) in [5.41, 5.74) is 8.52. The normalized spacial score (nSPS) is 12.4. The van der Waals surface area contributed by atoms with Crippen LogP contribution in [-0.4, -0.2) is 22.4 Å². The average Bonchev–Trinajstić information content (AvgIpc) is 2.91. The number of aliphatic hydroxyl groups is 1. The van der Waals surface area contributed by atoms with Gasteiger partial charge in [0.2, 0.25) is 0 Å². The number of aliphatic hydroxyl groups excluding tert-OH is 1. The van der Waals surface area contributed by atoms with Gasteiger partial charge in [0.05, 0.1) is 6.54 Å². The van der Waals surface area contributed by atoms with Gasteiger partial charge in [-0.3, -0.25) is 5.73 Å². The summed E-state index contributed by atoms with van der Waals surface area (Å²) in [5.74, 6) is 1.43. The number of rotatable bonds is 8. The zero-order chi connectivity index (χ0) is 17.6. The second kappa shape index (κ2) is 8.03. The van der Waals surface area contributed by atoms with Crippen LogP contribution in [-0.2, 0) is 13.1 Å². The molecule has 0 radical (unpaired) electrons. The van der Waals surface area contributed by atoms with E-state index < -0.39 is 6.10 Å². The summed E-state index contributed by atoms with van der Waals surface area (Å²) in [5, 5.41) is 10.4. The maximum Gasteiger partial charge on any atom is 0.356 e. The molecule has 132 valence electrons. The van der Waals surface area contributed by atoms with Crippen molar-refractivity contribution in [2.45, 2.75) is 39.0 Å². The minimum Gasteiger partial charge on any atom is -0.491 e. The van der Waals surface area contributed by atoms with Crippen LogP contribution in [0.25, 0.3) is 11.0 Å². The first-order chi connectivity index (χ1) is 12.2. The molecule has 1 aromatic heterocycles. The summed E-state index contributed by atoms with van der Waals surface area (Å²) in [6.45, 7) is 3.68. The smallest absolute Gasteiger partial charge is 0.356 e. The Balaban J connectivity index is 1.77. The number of ether oxygens (including phenoxy) is 1. The van der Waals surface area contributed by atoms with Crippen LogP contribution in [0.1, 0.15) is 19.8 Å². The molecule has 0 aliphatic rings. The number of hydrogen-bond donors (Lipinski definition) is 2. The standard InChI is InChI=1S/C20H25N3O2/c1-2-3-13-22-18-11-7-8-12-19(18)23(20(22)21)14-16(24)15-25-17-9-5-4-6-10-17/h4-12,16,21,24H,2-3,13-15H2,1H3/p+1/t16-/m1/s1. The molecule has 0 spiro atoms. The summed E-state index contributed by atoms with van der Waals surface area (Å²) in [6, 6.07) is 17.6. The summed E-state index contributed by atoms with van der Waals surface area (Å²) >= 11 is 0.